The second-order valence-electron chi connectivity index (χ2n) is 8.07. The number of phenols is 1. The molecule has 23 heavy (non-hydrogen) atoms. The minimum Gasteiger partial charge on any atom is -0.508 e. The van der Waals surface area contributed by atoms with Crippen molar-refractivity contribution in [2.24, 2.45) is 0 Å². The molecule has 0 fully saturated rings. The summed E-state index contributed by atoms with van der Waals surface area (Å²) in [4.78, 5) is 2.48. The number of nitrogens with zero attached hydrogens (tertiary/aromatic N) is 1. The van der Waals surface area contributed by atoms with Crippen LogP contribution in [-0.2, 0) is 18.3 Å². The van der Waals surface area contributed by atoms with Crippen LogP contribution in [0.1, 0.15) is 49.1 Å². The molecule has 2 aromatic carbocycles. The van der Waals surface area contributed by atoms with Crippen molar-refractivity contribution in [3.05, 3.63) is 52.6 Å². The lowest BCUT2D eigenvalue weighted by molar-refractivity contribution is 0.228. The summed E-state index contributed by atoms with van der Waals surface area (Å²) < 4.78 is 0. The minimum absolute atomic E-state index is 0.0778. The Morgan fingerprint density at radius 3 is 2.61 bits per heavy atom. The van der Waals surface area contributed by atoms with Gasteiger partial charge in [0.1, 0.15) is 5.75 Å². The van der Waals surface area contributed by atoms with Crippen molar-refractivity contribution in [3.63, 3.8) is 0 Å². The molecule has 2 aliphatic rings. The highest BCUT2D eigenvalue weighted by Crippen LogP contribution is 2.50. The highest BCUT2D eigenvalue weighted by molar-refractivity contribution is 5.81. The maximum absolute atomic E-state index is 10.6. The predicted molar refractivity (Wildman–Crippen MR) is 95.0 cm³/mol. The molecule has 0 radical (unpaired) electrons. The third-order valence-electron chi connectivity index (χ3n) is 5.50. The number of hydrogen-bond acceptors (Lipinski definition) is 2. The minimum atomic E-state index is -0.0778. The largest absolute Gasteiger partial charge is 0.508 e. The van der Waals surface area contributed by atoms with Crippen molar-refractivity contribution < 1.29 is 5.11 Å². The Bertz CT molecular complexity index is 785. The SMILES string of the molecule is CN1CCc2cccc3c2C1Cc1ccc(O)c(C(C)(C)C)c1-3. The highest BCUT2D eigenvalue weighted by Gasteiger charge is 2.35. The summed E-state index contributed by atoms with van der Waals surface area (Å²) in [5, 5.41) is 10.6. The quantitative estimate of drug-likeness (QED) is 0.777. The summed E-state index contributed by atoms with van der Waals surface area (Å²) in [7, 11) is 2.24. The highest BCUT2D eigenvalue weighted by atomic mass is 16.3. The summed E-state index contributed by atoms with van der Waals surface area (Å²) in [5.41, 5.74) is 7.98. The maximum atomic E-state index is 10.6. The van der Waals surface area contributed by atoms with Crippen molar-refractivity contribution in [1.82, 2.24) is 4.90 Å². The van der Waals surface area contributed by atoms with Crippen LogP contribution in [0, 0.1) is 0 Å². The fourth-order valence-electron chi connectivity index (χ4n) is 4.45. The van der Waals surface area contributed by atoms with Gasteiger partial charge in [0.15, 0.2) is 0 Å². The molecule has 1 heterocycles. The first-order valence-electron chi connectivity index (χ1n) is 8.55. The number of likely N-dealkylation sites (N-methyl/N-ethyl adjacent to an activating group) is 1. The van der Waals surface area contributed by atoms with Gasteiger partial charge in [-0.15, -0.1) is 0 Å². The van der Waals surface area contributed by atoms with Crippen molar-refractivity contribution >= 4 is 0 Å². The smallest absolute Gasteiger partial charge is 0.119 e. The maximum Gasteiger partial charge on any atom is 0.119 e. The topological polar surface area (TPSA) is 23.5 Å². The van der Waals surface area contributed by atoms with E-state index in [9.17, 15) is 5.11 Å². The summed E-state index contributed by atoms with van der Waals surface area (Å²) >= 11 is 0. The lowest BCUT2D eigenvalue weighted by Crippen LogP contribution is -2.36. The zero-order valence-electron chi connectivity index (χ0n) is 14.5. The number of benzene rings is 2. The monoisotopic (exact) mass is 307 g/mol. The van der Waals surface area contributed by atoms with Crippen molar-refractivity contribution in [3.8, 4) is 16.9 Å². The van der Waals surface area contributed by atoms with Gasteiger partial charge >= 0.3 is 0 Å². The second-order valence-corrected chi connectivity index (χ2v) is 8.07. The Morgan fingerprint density at radius 2 is 1.87 bits per heavy atom. The van der Waals surface area contributed by atoms with Crippen LogP contribution in [0.3, 0.4) is 0 Å². The molecule has 2 aromatic rings. The summed E-state index contributed by atoms with van der Waals surface area (Å²) in [6.45, 7) is 7.70. The van der Waals surface area contributed by atoms with E-state index in [0.717, 1.165) is 24.9 Å². The van der Waals surface area contributed by atoms with Gasteiger partial charge in [-0.25, -0.2) is 0 Å². The van der Waals surface area contributed by atoms with E-state index in [1.807, 2.05) is 6.07 Å². The van der Waals surface area contributed by atoms with E-state index >= 15 is 0 Å². The predicted octanol–water partition coefficient (Wildman–Crippen LogP) is 4.44. The van der Waals surface area contributed by atoms with Crippen molar-refractivity contribution in [1.29, 1.82) is 0 Å². The van der Waals surface area contributed by atoms with Gasteiger partial charge in [-0.05, 0) is 59.2 Å². The summed E-state index contributed by atoms with van der Waals surface area (Å²) in [6.07, 6.45) is 2.16. The third-order valence-corrected chi connectivity index (χ3v) is 5.50. The molecule has 120 valence electrons. The Hall–Kier alpha value is -1.80. The summed E-state index contributed by atoms with van der Waals surface area (Å²) in [5.74, 6) is 0.427. The molecule has 0 spiro atoms. The molecule has 1 N–H and O–H groups in total. The molecule has 0 amide bonds. The molecule has 1 atom stereocenters. The van der Waals surface area contributed by atoms with Crippen LogP contribution in [0.2, 0.25) is 0 Å². The number of fused-ring (bicyclic) bond motifs is 2. The van der Waals surface area contributed by atoms with Crippen LogP contribution in [0.25, 0.3) is 11.1 Å². The van der Waals surface area contributed by atoms with Crippen LogP contribution >= 0.6 is 0 Å². The number of phenolic OH excluding ortho intramolecular Hbond substituents is 1. The molecule has 1 unspecified atom stereocenters. The van der Waals surface area contributed by atoms with Gasteiger partial charge in [0.05, 0.1) is 0 Å². The molecule has 4 rings (SSSR count). The first-order chi connectivity index (χ1) is 10.9. The van der Waals surface area contributed by atoms with Crippen LogP contribution < -0.4 is 0 Å². The number of hydrogen-bond donors (Lipinski definition) is 1. The fourth-order valence-corrected chi connectivity index (χ4v) is 4.45. The van der Waals surface area contributed by atoms with Crippen LogP contribution in [0.15, 0.2) is 30.3 Å². The zero-order chi connectivity index (χ0) is 16.4. The Labute approximate surface area is 138 Å². The van der Waals surface area contributed by atoms with Crippen LogP contribution in [0.4, 0.5) is 0 Å². The van der Waals surface area contributed by atoms with Gasteiger partial charge < -0.3 is 5.11 Å². The standard InChI is InChI=1S/C21H25NO/c1-21(2,3)20-17(23)9-8-14-12-16-18-13(10-11-22(16)4)6-5-7-15(18)19(14)20/h5-9,16,23H,10-12H2,1-4H3. The first kappa shape index (κ1) is 14.8. The molecular formula is C21H25NO. The molecule has 1 aliphatic carbocycles. The van der Waals surface area contributed by atoms with Crippen LogP contribution in [-0.4, -0.2) is 23.6 Å². The normalized spacial score (nSPS) is 20.1. The molecule has 2 heteroatoms. The Morgan fingerprint density at radius 1 is 1.09 bits per heavy atom. The lowest BCUT2D eigenvalue weighted by Gasteiger charge is -2.41. The van der Waals surface area contributed by atoms with E-state index in [4.69, 9.17) is 0 Å². The van der Waals surface area contributed by atoms with Gasteiger partial charge in [-0.2, -0.15) is 0 Å². The lowest BCUT2D eigenvalue weighted by atomic mass is 9.71. The van der Waals surface area contributed by atoms with E-state index in [2.05, 4.69) is 57.0 Å². The van der Waals surface area contributed by atoms with Gasteiger partial charge in [-0.1, -0.05) is 45.0 Å². The molecule has 2 nitrogen and oxygen atoms in total. The zero-order valence-corrected chi connectivity index (χ0v) is 14.5. The van der Waals surface area contributed by atoms with Gasteiger partial charge in [0.25, 0.3) is 0 Å². The Kier molecular flexibility index (Phi) is 3.11. The average molecular weight is 307 g/mol. The van der Waals surface area contributed by atoms with E-state index in [0.29, 0.717) is 11.8 Å². The summed E-state index contributed by atoms with van der Waals surface area (Å²) in [6, 6.07) is 11.2. The van der Waals surface area contributed by atoms with Crippen molar-refractivity contribution in [2.45, 2.75) is 45.1 Å². The second kappa shape index (κ2) is 4.85. The molecule has 0 saturated heterocycles. The van der Waals surface area contributed by atoms with E-state index in [1.165, 1.54) is 27.8 Å². The number of rotatable bonds is 0. The first-order valence-corrected chi connectivity index (χ1v) is 8.55. The third kappa shape index (κ3) is 2.12. The molecule has 0 saturated carbocycles. The Balaban J connectivity index is 2.06. The van der Waals surface area contributed by atoms with E-state index in [-0.39, 0.29) is 5.41 Å². The average Bonchev–Trinajstić information content (AvgIpc) is 2.49. The van der Waals surface area contributed by atoms with Gasteiger partial charge in [0, 0.05) is 18.2 Å². The number of aromatic hydroxyl groups is 1. The van der Waals surface area contributed by atoms with Crippen molar-refractivity contribution in [2.75, 3.05) is 13.6 Å². The molecule has 1 aliphatic heterocycles. The molecule has 0 bridgehead atoms. The van der Waals surface area contributed by atoms with Crippen LogP contribution in [0.5, 0.6) is 5.75 Å². The fraction of sp³-hybridized carbons (Fsp3) is 0.429. The van der Waals surface area contributed by atoms with Gasteiger partial charge in [0.2, 0.25) is 0 Å². The van der Waals surface area contributed by atoms with Gasteiger partial charge in [-0.3, -0.25) is 4.90 Å². The van der Waals surface area contributed by atoms with E-state index in [1.54, 1.807) is 0 Å². The van der Waals surface area contributed by atoms with E-state index < -0.39 is 0 Å². The molecule has 0 aromatic heterocycles. The molecular weight excluding hydrogens is 282 g/mol.